The fourth-order valence-corrected chi connectivity index (χ4v) is 2.77. The minimum atomic E-state index is -0.299. The minimum absolute atomic E-state index is 0.111. The van der Waals surface area contributed by atoms with Crippen molar-refractivity contribution >= 4 is 5.91 Å². The van der Waals surface area contributed by atoms with Crippen LogP contribution in [0, 0.1) is 22.7 Å². The molecule has 2 rings (SSSR count). The second kappa shape index (κ2) is 6.06. The average Bonchev–Trinajstić information content (AvgIpc) is 2.96. The molecule has 1 aliphatic rings. The molecule has 0 bridgehead atoms. The van der Waals surface area contributed by atoms with Crippen LogP contribution in [0.25, 0.3) is 0 Å². The molecule has 1 fully saturated rings. The van der Waals surface area contributed by atoms with Gasteiger partial charge in [-0.15, -0.1) is 0 Å². The number of nitriles is 1. The molecule has 4 heteroatoms. The molecule has 1 saturated heterocycles. The fraction of sp³-hybridized carbons (Fsp3) is 0.500. The van der Waals surface area contributed by atoms with Crippen molar-refractivity contribution < 1.29 is 4.79 Å². The summed E-state index contributed by atoms with van der Waals surface area (Å²) >= 11 is 0. The number of hydrogen-bond donors (Lipinski definition) is 2. The van der Waals surface area contributed by atoms with Gasteiger partial charge >= 0.3 is 0 Å². The molecule has 1 aliphatic heterocycles. The van der Waals surface area contributed by atoms with Gasteiger partial charge in [0.05, 0.1) is 17.0 Å². The molecular formula is C16H21N3O. The van der Waals surface area contributed by atoms with Gasteiger partial charge in [0.1, 0.15) is 0 Å². The molecular weight excluding hydrogens is 250 g/mol. The highest BCUT2D eigenvalue weighted by atomic mass is 16.2. The Balaban J connectivity index is 2.03. The fourth-order valence-electron chi connectivity index (χ4n) is 2.77. The molecule has 1 aromatic rings. The van der Waals surface area contributed by atoms with Crippen LogP contribution in [-0.2, 0) is 11.3 Å². The maximum Gasteiger partial charge on any atom is 0.228 e. The van der Waals surface area contributed by atoms with E-state index in [9.17, 15) is 4.79 Å². The zero-order chi connectivity index (χ0) is 14.6. The van der Waals surface area contributed by atoms with Crippen molar-refractivity contribution in [3.8, 4) is 6.07 Å². The largest absolute Gasteiger partial charge is 0.351 e. The van der Waals surface area contributed by atoms with Gasteiger partial charge < -0.3 is 10.6 Å². The number of amides is 1. The molecule has 1 atom stereocenters. The molecule has 0 aliphatic carbocycles. The summed E-state index contributed by atoms with van der Waals surface area (Å²) in [5.74, 6) is 0.419. The van der Waals surface area contributed by atoms with Crippen LogP contribution in [0.4, 0.5) is 0 Å². The molecule has 1 unspecified atom stereocenters. The first-order valence-electron chi connectivity index (χ1n) is 7.06. The summed E-state index contributed by atoms with van der Waals surface area (Å²) in [5.41, 5.74) is 1.28. The third-order valence-corrected chi connectivity index (χ3v) is 4.25. The number of carbonyl (C=O) groups excluding carboxylic acids is 1. The van der Waals surface area contributed by atoms with Gasteiger partial charge in [-0.05, 0) is 36.6 Å². The average molecular weight is 271 g/mol. The molecule has 0 spiro atoms. The molecule has 0 saturated carbocycles. The van der Waals surface area contributed by atoms with E-state index in [-0.39, 0.29) is 11.3 Å². The summed E-state index contributed by atoms with van der Waals surface area (Å²) in [6, 6.07) is 9.46. The Kier molecular flexibility index (Phi) is 4.41. The zero-order valence-electron chi connectivity index (χ0n) is 12.1. The first-order valence-corrected chi connectivity index (χ1v) is 7.06. The van der Waals surface area contributed by atoms with E-state index in [1.54, 1.807) is 6.07 Å². The molecule has 1 aromatic carbocycles. The van der Waals surface area contributed by atoms with E-state index in [4.69, 9.17) is 5.26 Å². The first kappa shape index (κ1) is 14.5. The predicted molar refractivity (Wildman–Crippen MR) is 77.8 cm³/mol. The molecule has 2 N–H and O–H groups in total. The molecule has 20 heavy (non-hydrogen) atoms. The quantitative estimate of drug-likeness (QED) is 0.877. The van der Waals surface area contributed by atoms with E-state index >= 15 is 0 Å². The second-order valence-corrected chi connectivity index (χ2v) is 5.73. The Hall–Kier alpha value is -1.86. The van der Waals surface area contributed by atoms with Gasteiger partial charge in [-0.3, -0.25) is 4.79 Å². The lowest BCUT2D eigenvalue weighted by atomic mass is 9.75. The lowest BCUT2D eigenvalue weighted by molar-refractivity contribution is -0.132. The molecule has 0 radical (unpaired) electrons. The maximum atomic E-state index is 12.5. The van der Waals surface area contributed by atoms with Crippen LogP contribution < -0.4 is 10.6 Å². The van der Waals surface area contributed by atoms with E-state index < -0.39 is 0 Å². The van der Waals surface area contributed by atoms with Crippen LogP contribution >= 0.6 is 0 Å². The van der Waals surface area contributed by atoms with Crippen molar-refractivity contribution in [3.05, 3.63) is 35.4 Å². The summed E-state index contributed by atoms with van der Waals surface area (Å²) in [6.07, 6.45) is 0.884. The SMILES string of the molecule is CC(C)C1(C(=O)NCc2cccc(C#N)c2)CCNC1. The lowest BCUT2D eigenvalue weighted by Gasteiger charge is -2.31. The number of nitrogens with one attached hydrogen (secondary N) is 2. The highest BCUT2D eigenvalue weighted by molar-refractivity contribution is 5.83. The van der Waals surface area contributed by atoms with Crippen molar-refractivity contribution in [2.75, 3.05) is 13.1 Å². The third kappa shape index (κ3) is 2.83. The number of rotatable bonds is 4. The monoisotopic (exact) mass is 271 g/mol. The van der Waals surface area contributed by atoms with Crippen LogP contribution in [0.15, 0.2) is 24.3 Å². The van der Waals surface area contributed by atoms with Crippen LogP contribution in [-0.4, -0.2) is 19.0 Å². The Bertz CT molecular complexity index is 525. The number of hydrogen-bond acceptors (Lipinski definition) is 3. The normalized spacial score (nSPS) is 21.7. The highest BCUT2D eigenvalue weighted by Crippen LogP contribution is 2.34. The molecule has 106 valence electrons. The van der Waals surface area contributed by atoms with E-state index in [0.29, 0.717) is 18.0 Å². The van der Waals surface area contributed by atoms with Crippen molar-refractivity contribution in [2.24, 2.45) is 11.3 Å². The van der Waals surface area contributed by atoms with E-state index in [0.717, 1.165) is 25.1 Å². The van der Waals surface area contributed by atoms with Gasteiger partial charge in [0, 0.05) is 13.1 Å². The molecule has 4 nitrogen and oxygen atoms in total. The summed E-state index contributed by atoms with van der Waals surface area (Å²) in [6.45, 7) is 6.32. The summed E-state index contributed by atoms with van der Waals surface area (Å²) in [7, 11) is 0. The predicted octanol–water partition coefficient (Wildman–Crippen LogP) is 1.81. The molecule has 0 aromatic heterocycles. The van der Waals surface area contributed by atoms with Gasteiger partial charge in [-0.1, -0.05) is 26.0 Å². The van der Waals surface area contributed by atoms with Crippen LogP contribution in [0.2, 0.25) is 0 Å². The Morgan fingerprint density at radius 3 is 2.95 bits per heavy atom. The van der Waals surface area contributed by atoms with Crippen LogP contribution in [0.5, 0.6) is 0 Å². The Morgan fingerprint density at radius 1 is 1.55 bits per heavy atom. The van der Waals surface area contributed by atoms with Crippen molar-refractivity contribution in [2.45, 2.75) is 26.8 Å². The maximum absolute atomic E-state index is 12.5. The summed E-state index contributed by atoms with van der Waals surface area (Å²) in [4.78, 5) is 12.5. The van der Waals surface area contributed by atoms with Gasteiger partial charge in [-0.2, -0.15) is 5.26 Å². The van der Waals surface area contributed by atoms with Crippen LogP contribution in [0.1, 0.15) is 31.4 Å². The van der Waals surface area contributed by atoms with Crippen molar-refractivity contribution in [1.82, 2.24) is 10.6 Å². The van der Waals surface area contributed by atoms with E-state index in [1.165, 1.54) is 0 Å². The Labute approximate surface area is 120 Å². The standard InChI is InChI=1S/C16H21N3O/c1-12(2)16(6-7-18-11-16)15(20)19-10-14-5-3-4-13(8-14)9-17/h3-5,8,12,18H,6-7,10-11H2,1-2H3,(H,19,20). The van der Waals surface area contributed by atoms with Gasteiger partial charge in [0.2, 0.25) is 5.91 Å². The minimum Gasteiger partial charge on any atom is -0.351 e. The van der Waals surface area contributed by atoms with Gasteiger partial charge in [-0.25, -0.2) is 0 Å². The molecule has 1 amide bonds. The summed E-state index contributed by atoms with van der Waals surface area (Å²) in [5, 5.41) is 15.2. The first-order chi connectivity index (χ1) is 9.58. The highest BCUT2D eigenvalue weighted by Gasteiger charge is 2.43. The second-order valence-electron chi connectivity index (χ2n) is 5.73. The van der Waals surface area contributed by atoms with Gasteiger partial charge in [0.15, 0.2) is 0 Å². The Morgan fingerprint density at radius 2 is 2.35 bits per heavy atom. The topological polar surface area (TPSA) is 64.9 Å². The van der Waals surface area contributed by atoms with E-state index in [1.807, 2.05) is 18.2 Å². The van der Waals surface area contributed by atoms with Gasteiger partial charge in [0.25, 0.3) is 0 Å². The number of carbonyl (C=O) groups is 1. The smallest absolute Gasteiger partial charge is 0.228 e. The zero-order valence-corrected chi connectivity index (χ0v) is 12.1. The van der Waals surface area contributed by atoms with E-state index in [2.05, 4.69) is 30.6 Å². The number of benzene rings is 1. The summed E-state index contributed by atoms with van der Waals surface area (Å²) < 4.78 is 0. The third-order valence-electron chi connectivity index (χ3n) is 4.25. The molecule has 1 heterocycles. The number of nitrogens with zero attached hydrogens (tertiary/aromatic N) is 1. The van der Waals surface area contributed by atoms with Crippen molar-refractivity contribution in [1.29, 1.82) is 5.26 Å². The van der Waals surface area contributed by atoms with Crippen LogP contribution in [0.3, 0.4) is 0 Å². The van der Waals surface area contributed by atoms with Crippen molar-refractivity contribution in [3.63, 3.8) is 0 Å². The lowest BCUT2D eigenvalue weighted by Crippen LogP contribution is -2.45.